The van der Waals surface area contributed by atoms with E-state index in [0.717, 1.165) is 36.4 Å². The molecule has 0 amide bonds. The average molecular weight is 447 g/mol. The minimum atomic E-state index is -3.16. The first kappa shape index (κ1) is 23.1. The standard InChI is InChI=1S/C19H26N4O2S.2ClH/c20-19-12-6-7-13-21(19)14-15-22-17-10-4-5-11-18(17)23(26(22,24)25)16-8-2-1-3-9-16;;/h1-5,8-11,19,24-25H,6-7,12-15,20H2;2*1H. The van der Waals surface area contributed by atoms with Gasteiger partial charge in [-0.15, -0.1) is 24.8 Å². The maximum absolute atomic E-state index is 11.1. The zero-order valence-electron chi connectivity index (χ0n) is 15.6. The molecular weight excluding hydrogens is 419 g/mol. The quantitative estimate of drug-likeness (QED) is 0.623. The molecule has 0 bridgehead atoms. The van der Waals surface area contributed by atoms with E-state index in [0.29, 0.717) is 13.1 Å². The second-order valence-corrected chi connectivity index (χ2v) is 8.60. The highest BCUT2D eigenvalue weighted by Crippen LogP contribution is 2.63. The molecule has 1 unspecified atom stereocenters. The highest BCUT2D eigenvalue weighted by Gasteiger charge is 2.41. The van der Waals surface area contributed by atoms with Crippen molar-refractivity contribution in [1.82, 2.24) is 4.90 Å². The van der Waals surface area contributed by atoms with Crippen LogP contribution in [0, 0.1) is 0 Å². The van der Waals surface area contributed by atoms with Crippen LogP contribution < -0.4 is 14.3 Å². The highest BCUT2D eigenvalue weighted by atomic mass is 35.5. The summed E-state index contributed by atoms with van der Waals surface area (Å²) in [6.07, 6.45) is 3.38. The van der Waals surface area contributed by atoms with Crippen molar-refractivity contribution in [2.45, 2.75) is 25.4 Å². The first-order chi connectivity index (χ1) is 12.6. The van der Waals surface area contributed by atoms with Crippen molar-refractivity contribution in [3.63, 3.8) is 0 Å². The van der Waals surface area contributed by atoms with Gasteiger partial charge in [-0.05, 0) is 61.0 Å². The monoisotopic (exact) mass is 446 g/mol. The molecule has 1 atom stereocenters. The summed E-state index contributed by atoms with van der Waals surface area (Å²) in [6.45, 7) is 2.21. The smallest absolute Gasteiger partial charge is 0.0896 e. The molecular formula is C19H28Cl2N4O2S. The number of benzene rings is 2. The highest BCUT2D eigenvalue weighted by molar-refractivity contribution is 8.27. The number of nitrogens with zero attached hydrogens (tertiary/aromatic N) is 3. The molecule has 0 aliphatic carbocycles. The minimum Gasteiger partial charge on any atom is -0.316 e. The third kappa shape index (κ3) is 4.21. The first-order valence-electron chi connectivity index (χ1n) is 9.09. The van der Waals surface area contributed by atoms with Crippen LogP contribution in [-0.2, 0) is 0 Å². The van der Waals surface area contributed by atoms with Crippen molar-refractivity contribution in [2.75, 3.05) is 28.2 Å². The number of hydrogen-bond donors (Lipinski definition) is 3. The Morgan fingerprint density at radius 2 is 1.54 bits per heavy atom. The lowest BCUT2D eigenvalue weighted by Gasteiger charge is -2.44. The number of likely N-dealkylation sites (tertiary alicyclic amines) is 1. The molecule has 6 nitrogen and oxygen atoms in total. The van der Waals surface area contributed by atoms with Gasteiger partial charge in [-0.3, -0.25) is 18.3 Å². The molecule has 1 fully saturated rings. The Hall–Kier alpha value is -1.19. The predicted molar refractivity (Wildman–Crippen MR) is 123 cm³/mol. The van der Waals surface area contributed by atoms with Crippen molar-refractivity contribution < 1.29 is 9.11 Å². The summed E-state index contributed by atoms with van der Waals surface area (Å²) >= 11 is 0. The molecule has 1 saturated heterocycles. The van der Waals surface area contributed by atoms with E-state index in [-0.39, 0.29) is 31.0 Å². The summed E-state index contributed by atoms with van der Waals surface area (Å²) in [6, 6.07) is 17.3. The van der Waals surface area contributed by atoms with Gasteiger partial charge in [0.1, 0.15) is 0 Å². The van der Waals surface area contributed by atoms with Crippen LogP contribution >= 0.6 is 35.8 Å². The fourth-order valence-corrected chi connectivity index (χ4v) is 5.57. The van der Waals surface area contributed by atoms with E-state index in [1.807, 2.05) is 54.6 Å². The van der Waals surface area contributed by atoms with Gasteiger partial charge in [0, 0.05) is 6.54 Å². The maximum Gasteiger partial charge on any atom is 0.0896 e. The first-order valence-corrected chi connectivity index (χ1v) is 10.5. The summed E-state index contributed by atoms with van der Waals surface area (Å²) in [4.78, 5) is 2.24. The van der Waals surface area contributed by atoms with E-state index >= 15 is 0 Å². The van der Waals surface area contributed by atoms with Gasteiger partial charge < -0.3 is 5.73 Å². The molecule has 2 aromatic rings. The van der Waals surface area contributed by atoms with E-state index in [1.165, 1.54) is 6.42 Å². The van der Waals surface area contributed by atoms with Crippen molar-refractivity contribution in [2.24, 2.45) is 5.73 Å². The molecule has 2 aliphatic heterocycles. The molecule has 2 aromatic carbocycles. The topological polar surface area (TPSA) is 76.2 Å². The van der Waals surface area contributed by atoms with E-state index in [9.17, 15) is 9.11 Å². The van der Waals surface area contributed by atoms with Crippen LogP contribution in [0.2, 0.25) is 0 Å². The van der Waals surface area contributed by atoms with Crippen LogP contribution in [0.15, 0.2) is 54.6 Å². The maximum atomic E-state index is 11.1. The third-order valence-corrected chi connectivity index (χ3v) is 7.02. The molecule has 0 radical (unpaired) electrons. The zero-order chi connectivity index (χ0) is 18.1. The molecule has 0 aromatic heterocycles. The molecule has 28 heavy (non-hydrogen) atoms. The predicted octanol–water partition coefficient (Wildman–Crippen LogP) is 4.84. The lowest BCUT2D eigenvalue weighted by molar-refractivity contribution is 0.157. The Morgan fingerprint density at radius 1 is 0.893 bits per heavy atom. The number of halogens is 2. The van der Waals surface area contributed by atoms with Gasteiger partial charge in [0.15, 0.2) is 0 Å². The van der Waals surface area contributed by atoms with Crippen molar-refractivity contribution in [3.05, 3.63) is 54.6 Å². The number of fused-ring (bicyclic) bond motifs is 1. The molecule has 2 aliphatic rings. The number of anilines is 3. The molecule has 0 saturated carbocycles. The van der Waals surface area contributed by atoms with E-state index < -0.39 is 11.0 Å². The third-order valence-electron chi connectivity index (χ3n) is 5.16. The Morgan fingerprint density at radius 3 is 2.21 bits per heavy atom. The second-order valence-electron chi connectivity index (χ2n) is 6.81. The summed E-state index contributed by atoms with van der Waals surface area (Å²) in [7, 11) is -3.16. The minimum absolute atomic E-state index is 0. The van der Waals surface area contributed by atoms with Crippen molar-refractivity contribution in [1.29, 1.82) is 0 Å². The van der Waals surface area contributed by atoms with Crippen LogP contribution in [0.4, 0.5) is 17.1 Å². The lowest BCUT2D eigenvalue weighted by atomic mass is 10.1. The Labute approximate surface area is 180 Å². The Kier molecular flexibility index (Phi) is 7.87. The number of nitrogens with two attached hydrogens (primary N) is 1. The van der Waals surface area contributed by atoms with Gasteiger partial charge >= 0.3 is 0 Å². The SMILES string of the molecule is Cl.Cl.NC1CCCCN1CCN1c2ccccc2N(c2ccccc2)S1(O)O. The van der Waals surface area contributed by atoms with Crippen molar-refractivity contribution in [3.8, 4) is 0 Å². The van der Waals surface area contributed by atoms with E-state index in [4.69, 9.17) is 5.73 Å². The Balaban J connectivity index is 0.00000140. The fraction of sp³-hybridized carbons (Fsp3) is 0.368. The molecule has 4 rings (SSSR count). The number of hydrogen-bond acceptors (Lipinski definition) is 6. The summed E-state index contributed by atoms with van der Waals surface area (Å²) in [5.41, 5.74) is 8.67. The fourth-order valence-electron chi connectivity index (χ4n) is 3.81. The van der Waals surface area contributed by atoms with Gasteiger partial charge in [0.2, 0.25) is 0 Å². The number of para-hydroxylation sites is 3. The van der Waals surface area contributed by atoms with Crippen LogP contribution in [0.3, 0.4) is 0 Å². The van der Waals surface area contributed by atoms with Gasteiger partial charge in [-0.25, -0.2) is 4.31 Å². The largest absolute Gasteiger partial charge is 0.316 e. The molecule has 9 heteroatoms. The number of piperidine rings is 1. The lowest BCUT2D eigenvalue weighted by Crippen LogP contribution is -2.48. The van der Waals surface area contributed by atoms with Gasteiger partial charge in [0.05, 0.1) is 29.8 Å². The summed E-state index contributed by atoms with van der Waals surface area (Å²) < 4.78 is 25.6. The van der Waals surface area contributed by atoms with Crippen LogP contribution in [0.25, 0.3) is 0 Å². The van der Waals surface area contributed by atoms with Gasteiger partial charge in [-0.2, -0.15) is 0 Å². The van der Waals surface area contributed by atoms with Crippen molar-refractivity contribution >= 4 is 52.8 Å². The van der Waals surface area contributed by atoms with Crippen LogP contribution in [0.1, 0.15) is 19.3 Å². The number of rotatable bonds is 4. The van der Waals surface area contributed by atoms with Gasteiger partial charge in [0.25, 0.3) is 0 Å². The molecule has 156 valence electrons. The van der Waals surface area contributed by atoms with Gasteiger partial charge in [-0.1, -0.05) is 30.3 Å². The molecule has 2 heterocycles. The van der Waals surface area contributed by atoms with Crippen LogP contribution in [0.5, 0.6) is 0 Å². The average Bonchev–Trinajstić information content (AvgIpc) is 2.88. The molecule has 0 spiro atoms. The summed E-state index contributed by atoms with van der Waals surface area (Å²) in [5, 5.41) is 0. The van der Waals surface area contributed by atoms with E-state index in [2.05, 4.69) is 4.90 Å². The van der Waals surface area contributed by atoms with E-state index in [1.54, 1.807) is 8.61 Å². The summed E-state index contributed by atoms with van der Waals surface area (Å²) in [5.74, 6) is 0. The van der Waals surface area contributed by atoms with Crippen LogP contribution in [-0.4, -0.2) is 39.8 Å². The second kappa shape index (κ2) is 9.54. The molecule has 4 N–H and O–H groups in total. The zero-order valence-corrected chi connectivity index (χ0v) is 18.0. The normalized spacial score (nSPS) is 22.0. The Bertz CT molecular complexity index is 769.